The maximum atomic E-state index is 6.71. The van der Waals surface area contributed by atoms with Gasteiger partial charge in [0.1, 0.15) is 17.3 Å². The molecule has 138 valence electrons. The van der Waals surface area contributed by atoms with Crippen molar-refractivity contribution >= 4 is 11.6 Å². The lowest BCUT2D eigenvalue weighted by atomic mass is 9.77. The highest BCUT2D eigenvalue weighted by Gasteiger charge is 2.51. The van der Waals surface area contributed by atoms with Gasteiger partial charge in [-0.3, -0.25) is 0 Å². The van der Waals surface area contributed by atoms with Gasteiger partial charge in [-0.15, -0.1) is 0 Å². The highest BCUT2D eigenvalue weighted by atomic mass is 35.5. The van der Waals surface area contributed by atoms with Crippen LogP contribution in [0.2, 0.25) is 5.02 Å². The minimum atomic E-state index is -0.557. The van der Waals surface area contributed by atoms with E-state index in [1.807, 2.05) is 6.07 Å². The first kappa shape index (κ1) is 17.2. The summed E-state index contributed by atoms with van der Waals surface area (Å²) in [5.74, 6) is 3.33. The van der Waals surface area contributed by atoms with Crippen LogP contribution in [0.5, 0.6) is 11.5 Å². The van der Waals surface area contributed by atoms with Gasteiger partial charge in [0.15, 0.2) is 5.60 Å². The van der Waals surface area contributed by atoms with Crippen LogP contribution in [0, 0.1) is 12.8 Å². The number of benzene rings is 1. The zero-order valence-corrected chi connectivity index (χ0v) is 16.0. The van der Waals surface area contributed by atoms with E-state index in [2.05, 4.69) is 23.1 Å². The van der Waals surface area contributed by atoms with Crippen LogP contribution in [0.1, 0.15) is 31.2 Å². The number of hydrogen-bond acceptors (Lipinski definition) is 6. The second-order valence-electron chi connectivity index (χ2n) is 6.80. The van der Waals surface area contributed by atoms with Crippen LogP contribution >= 0.6 is 11.6 Å². The first-order valence-electron chi connectivity index (χ1n) is 8.64. The van der Waals surface area contributed by atoms with Crippen LogP contribution in [0.25, 0.3) is 11.4 Å². The van der Waals surface area contributed by atoms with Gasteiger partial charge in [0.2, 0.25) is 11.7 Å². The molecule has 2 atom stereocenters. The molecule has 2 aliphatic rings. The van der Waals surface area contributed by atoms with E-state index in [0.717, 1.165) is 24.2 Å². The summed E-state index contributed by atoms with van der Waals surface area (Å²) in [7, 11) is 3.32. The molecule has 7 heteroatoms. The smallest absolute Gasteiger partial charge is 0.223 e. The summed E-state index contributed by atoms with van der Waals surface area (Å²) >= 11 is 6.71. The van der Waals surface area contributed by atoms with Crippen molar-refractivity contribution in [1.82, 2.24) is 10.1 Å². The molecule has 0 amide bonds. The fourth-order valence-corrected chi connectivity index (χ4v) is 4.23. The third kappa shape index (κ3) is 2.39. The highest BCUT2D eigenvalue weighted by molar-refractivity contribution is 6.35. The van der Waals surface area contributed by atoms with Crippen molar-refractivity contribution in [3.05, 3.63) is 34.4 Å². The topological polar surface area (TPSA) is 66.6 Å². The minimum absolute atomic E-state index is 0.284. The average Bonchev–Trinajstić information content (AvgIpc) is 3.23. The Morgan fingerprint density at radius 1 is 1.31 bits per heavy atom. The number of aryl methyl sites for hydroxylation is 1. The predicted octanol–water partition coefficient (Wildman–Crippen LogP) is 4.34. The molecule has 6 nitrogen and oxygen atoms in total. The fourth-order valence-electron chi connectivity index (χ4n) is 3.94. The number of nitrogens with zero attached hydrogens (tertiary/aromatic N) is 2. The average molecular weight is 377 g/mol. The van der Waals surface area contributed by atoms with E-state index in [0.29, 0.717) is 40.2 Å². The van der Waals surface area contributed by atoms with E-state index < -0.39 is 5.60 Å². The monoisotopic (exact) mass is 376 g/mol. The fraction of sp³-hybridized carbons (Fsp3) is 0.474. The number of allylic oxidation sites excluding steroid dienone is 1. The van der Waals surface area contributed by atoms with Crippen molar-refractivity contribution in [2.45, 2.75) is 38.7 Å². The van der Waals surface area contributed by atoms with Crippen LogP contribution in [-0.2, 0) is 11.2 Å². The normalized spacial score (nSPS) is 24.2. The molecule has 2 heterocycles. The Kier molecular flexibility index (Phi) is 4.10. The number of halogens is 1. The molecule has 0 N–H and O–H groups in total. The summed E-state index contributed by atoms with van der Waals surface area (Å²) in [6.45, 7) is 3.92. The molecular weight excluding hydrogens is 356 g/mol. The SMILES string of the molecule is COC1=CCC[C@@H](C)[C@@]12Cc1c(OC)cc(-c3noc(C)n3)c(Cl)c1O2. The number of methoxy groups -OCH3 is 2. The van der Waals surface area contributed by atoms with E-state index in [-0.39, 0.29) is 5.92 Å². The van der Waals surface area contributed by atoms with Gasteiger partial charge in [0.25, 0.3) is 0 Å². The molecule has 1 aliphatic heterocycles. The summed E-state index contributed by atoms with van der Waals surface area (Å²) in [5.41, 5.74) is 1.01. The summed E-state index contributed by atoms with van der Waals surface area (Å²) in [6.07, 6.45) is 4.76. The van der Waals surface area contributed by atoms with E-state index in [1.165, 1.54) is 0 Å². The molecule has 1 aliphatic carbocycles. The molecule has 2 aromatic rings. The van der Waals surface area contributed by atoms with Crippen molar-refractivity contribution in [3.63, 3.8) is 0 Å². The van der Waals surface area contributed by atoms with Crippen molar-refractivity contribution < 1.29 is 18.7 Å². The Morgan fingerprint density at radius 3 is 2.77 bits per heavy atom. The van der Waals surface area contributed by atoms with Crippen molar-refractivity contribution in [2.75, 3.05) is 14.2 Å². The molecule has 1 aromatic heterocycles. The van der Waals surface area contributed by atoms with Gasteiger partial charge in [0.05, 0.1) is 19.2 Å². The summed E-state index contributed by atoms with van der Waals surface area (Å²) in [5, 5.41) is 4.44. The van der Waals surface area contributed by atoms with Gasteiger partial charge >= 0.3 is 0 Å². The molecule has 26 heavy (non-hydrogen) atoms. The van der Waals surface area contributed by atoms with E-state index in [1.54, 1.807) is 21.1 Å². The number of aromatic nitrogens is 2. The van der Waals surface area contributed by atoms with E-state index >= 15 is 0 Å². The van der Waals surface area contributed by atoms with E-state index in [4.69, 9.17) is 30.3 Å². The minimum Gasteiger partial charge on any atom is -0.497 e. The second kappa shape index (κ2) is 6.20. The molecule has 1 spiro atoms. The van der Waals surface area contributed by atoms with Gasteiger partial charge < -0.3 is 18.7 Å². The standard InChI is InChI=1S/C19H21ClN2O4/c1-10-6-5-7-15(24-4)19(10)9-13-14(23-3)8-12(16(20)17(13)25-19)18-21-11(2)26-22-18/h7-8,10H,5-6,9H2,1-4H3/t10-,19+/m1/s1. The van der Waals surface area contributed by atoms with Crippen molar-refractivity contribution in [2.24, 2.45) is 5.92 Å². The zero-order chi connectivity index (χ0) is 18.5. The van der Waals surface area contributed by atoms with Crippen LogP contribution in [0.15, 0.2) is 22.4 Å². The lowest BCUT2D eigenvalue weighted by molar-refractivity contribution is 0.00901. The van der Waals surface area contributed by atoms with Crippen molar-refractivity contribution in [3.8, 4) is 22.9 Å². The molecule has 0 saturated heterocycles. The van der Waals surface area contributed by atoms with Gasteiger partial charge in [-0.05, 0) is 25.0 Å². The Hall–Kier alpha value is -2.21. The number of hydrogen-bond donors (Lipinski definition) is 0. The predicted molar refractivity (Wildman–Crippen MR) is 96.6 cm³/mol. The maximum absolute atomic E-state index is 6.71. The first-order valence-corrected chi connectivity index (χ1v) is 9.01. The van der Waals surface area contributed by atoms with Crippen molar-refractivity contribution in [1.29, 1.82) is 0 Å². The lowest BCUT2D eigenvalue weighted by Gasteiger charge is -2.38. The second-order valence-corrected chi connectivity index (χ2v) is 7.18. The summed E-state index contributed by atoms with van der Waals surface area (Å²) in [6, 6.07) is 1.84. The molecule has 0 unspecified atom stereocenters. The lowest BCUT2D eigenvalue weighted by Crippen LogP contribution is -2.45. The third-order valence-corrected chi connectivity index (χ3v) is 5.73. The summed E-state index contributed by atoms with van der Waals surface area (Å²) < 4.78 is 22.9. The Labute approximate surface area is 157 Å². The number of fused-ring (bicyclic) bond motifs is 1. The molecule has 1 aromatic carbocycles. The maximum Gasteiger partial charge on any atom is 0.223 e. The number of rotatable bonds is 3. The van der Waals surface area contributed by atoms with Gasteiger partial charge in [-0.1, -0.05) is 23.7 Å². The zero-order valence-electron chi connectivity index (χ0n) is 15.3. The van der Waals surface area contributed by atoms with Crippen LogP contribution in [0.4, 0.5) is 0 Å². The highest BCUT2D eigenvalue weighted by Crippen LogP contribution is 2.54. The van der Waals surface area contributed by atoms with Crippen LogP contribution in [-0.4, -0.2) is 30.0 Å². The molecular formula is C19H21ClN2O4. The van der Waals surface area contributed by atoms with Gasteiger partial charge in [0, 0.05) is 30.4 Å². The Bertz CT molecular complexity index is 892. The molecule has 0 fully saturated rings. The van der Waals surface area contributed by atoms with Gasteiger partial charge in [-0.25, -0.2) is 0 Å². The van der Waals surface area contributed by atoms with Crippen LogP contribution in [0.3, 0.4) is 0 Å². The Balaban J connectivity index is 1.87. The Morgan fingerprint density at radius 2 is 2.12 bits per heavy atom. The van der Waals surface area contributed by atoms with Gasteiger partial charge in [-0.2, -0.15) is 4.98 Å². The molecule has 0 radical (unpaired) electrons. The molecule has 0 bridgehead atoms. The van der Waals surface area contributed by atoms with E-state index in [9.17, 15) is 0 Å². The number of ether oxygens (including phenoxy) is 3. The third-order valence-electron chi connectivity index (χ3n) is 5.36. The quantitative estimate of drug-likeness (QED) is 0.793. The first-order chi connectivity index (χ1) is 12.5. The van der Waals surface area contributed by atoms with Crippen LogP contribution < -0.4 is 9.47 Å². The largest absolute Gasteiger partial charge is 0.497 e. The molecule has 4 rings (SSSR count). The summed E-state index contributed by atoms with van der Waals surface area (Å²) in [4.78, 5) is 4.28. The molecule has 0 saturated carbocycles.